The third-order valence-electron chi connectivity index (χ3n) is 4.98. The molecule has 2 aromatic rings. The molecule has 1 saturated heterocycles. The molecule has 5 nitrogen and oxygen atoms in total. The number of amides is 2. The van der Waals surface area contributed by atoms with Crippen LogP contribution in [0.4, 0.5) is 5.69 Å². The minimum atomic E-state index is -0.384. The molecule has 3 rings (SSSR count). The van der Waals surface area contributed by atoms with E-state index in [1.54, 1.807) is 12.1 Å². The molecule has 7 heteroatoms. The number of carbonyl (C=O) groups excluding carboxylic acids is 2. The molecule has 1 fully saturated rings. The fraction of sp³-hybridized carbons (Fsp3) is 0.364. The maximum absolute atomic E-state index is 12.1. The second-order valence-corrected chi connectivity index (χ2v) is 8.35. The Morgan fingerprint density at radius 2 is 1.86 bits per heavy atom. The first-order chi connectivity index (χ1) is 13.9. The van der Waals surface area contributed by atoms with Gasteiger partial charge in [0.2, 0.25) is 5.91 Å². The molecule has 0 aromatic heterocycles. The Morgan fingerprint density at radius 3 is 2.55 bits per heavy atom. The fourth-order valence-corrected chi connectivity index (χ4v) is 3.79. The van der Waals surface area contributed by atoms with E-state index in [0.29, 0.717) is 21.3 Å². The van der Waals surface area contributed by atoms with E-state index in [2.05, 4.69) is 22.5 Å². The van der Waals surface area contributed by atoms with E-state index in [9.17, 15) is 9.59 Å². The highest BCUT2D eigenvalue weighted by Crippen LogP contribution is 2.22. The van der Waals surface area contributed by atoms with E-state index in [-0.39, 0.29) is 18.4 Å². The van der Waals surface area contributed by atoms with Crippen LogP contribution in [0.25, 0.3) is 0 Å². The Bertz CT molecular complexity index is 871. The number of likely N-dealkylation sites (tertiary alicyclic amines) is 1. The van der Waals surface area contributed by atoms with Gasteiger partial charge in [-0.05, 0) is 61.2 Å². The first kappa shape index (κ1) is 21.6. The van der Waals surface area contributed by atoms with Gasteiger partial charge in [-0.3, -0.25) is 14.5 Å². The number of benzene rings is 2. The van der Waals surface area contributed by atoms with E-state index < -0.39 is 0 Å². The molecule has 0 spiro atoms. The van der Waals surface area contributed by atoms with Gasteiger partial charge in [0.25, 0.3) is 5.91 Å². The summed E-state index contributed by atoms with van der Waals surface area (Å²) in [5.41, 5.74) is 2.28. The van der Waals surface area contributed by atoms with E-state index in [0.717, 1.165) is 25.6 Å². The first-order valence-corrected chi connectivity index (χ1v) is 10.5. The molecule has 1 unspecified atom stereocenters. The molecule has 1 atom stereocenters. The van der Waals surface area contributed by atoms with Gasteiger partial charge in [0, 0.05) is 24.3 Å². The first-order valence-electron chi connectivity index (χ1n) is 9.75. The third kappa shape index (κ3) is 6.46. The van der Waals surface area contributed by atoms with Crippen molar-refractivity contribution in [1.82, 2.24) is 10.2 Å². The quantitative estimate of drug-likeness (QED) is 0.699. The number of nitrogens with one attached hydrogen (secondary N) is 2. The zero-order chi connectivity index (χ0) is 20.8. The zero-order valence-corrected chi connectivity index (χ0v) is 17.9. The number of piperidine rings is 1. The molecule has 0 aliphatic carbocycles. The zero-order valence-electron chi connectivity index (χ0n) is 16.4. The summed E-state index contributed by atoms with van der Waals surface area (Å²) in [4.78, 5) is 26.7. The summed E-state index contributed by atoms with van der Waals surface area (Å²) in [5, 5.41) is 6.04. The van der Waals surface area contributed by atoms with Crippen molar-refractivity contribution in [2.75, 3.05) is 25.0 Å². The van der Waals surface area contributed by atoms with Crippen LogP contribution in [0.3, 0.4) is 0 Å². The highest BCUT2D eigenvalue weighted by molar-refractivity contribution is 6.42. The monoisotopic (exact) mass is 433 g/mol. The Hall–Kier alpha value is -2.08. The van der Waals surface area contributed by atoms with Crippen molar-refractivity contribution in [3.05, 3.63) is 63.6 Å². The van der Waals surface area contributed by atoms with E-state index in [1.807, 2.05) is 24.3 Å². The van der Waals surface area contributed by atoms with Crippen molar-refractivity contribution in [3.63, 3.8) is 0 Å². The van der Waals surface area contributed by atoms with E-state index >= 15 is 0 Å². The summed E-state index contributed by atoms with van der Waals surface area (Å²) in [7, 11) is 0. The van der Waals surface area contributed by atoms with Crippen molar-refractivity contribution in [3.8, 4) is 0 Å². The number of halogens is 2. The number of hydrogen-bond donors (Lipinski definition) is 2. The molecule has 2 aromatic carbocycles. The van der Waals surface area contributed by atoms with E-state index in [1.165, 1.54) is 24.5 Å². The van der Waals surface area contributed by atoms with Gasteiger partial charge in [-0.1, -0.05) is 42.3 Å². The van der Waals surface area contributed by atoms with Crippen molar-refractivity contribution in [1.29, 1.82) is 0 Å². The maximum Gasteiger partial charge on any atom is 0.251 e. The van der Waals surface area contributed by atoms with Crippen LogP contribution in [-0.2, 0) is 11.3 Å². The third-order valence-corrected chi connectivity index (χ3v) is 5.72. The van der Waals surface area contributed by atoms with Gasteiger partial charge in [-0.25, -0.2) is 0 Å². The van der Waals surface area contributed by atoms with Crippen LogP contribution in [0.1, 0.15) is 35.7 Å². The molecule has 1 heterocycles. The highest BCUT2D eigenvalue weighted by atomic mass is 35.5. The van der Waals surface area contributed by atoms with Crippen LogP contribution in [0.15, 0.2) is 42.5 Å². The van der Waals surface area contributed by atoms with Gasteiger partial charge >= 0.3 is 0 Å². The number of anilines is 1. The number of carbonyl (C=O) groups is 2. The van der Waals surface area contributed by atoms with Crippen LogP contribution in [0.5, 0.6) is 0 Å². The summed E-state index contributed by atoms with van der Waals surface area (Å²) in [6, 6.07) is 12.4. The lowest BCUT2D eigenvalue weighted by Gasteiger charge is -2.30. The van der Waals surface area contributed by atoms with Gasteiger partial charge in [-0.2, -0.15) is 0 Å². The van der Waals surface area contributed by atoms with Gasteiger partial charge in [0.05, 0.1) is 16.6 Å². The molecule has 29 heavy (non-hydrogen) atoms. The molecule has 2 amide bonds. The van der Waals surface area contributed by atoms with Crippen LogP contribution in [0, 0.1) is 5.92 Å². The van der Waals surface area contributed by atoms with Crippen molar-refractivity contribution in [2.24, 2.45) is 5.92 Å². The molecule has 0 radical (unpaired) electrons. The normalized spacial score (nSPS) is 17.0. The van der Waals surface area contributed by atoms with Crippen LogP contribution >= 0.6 is 23.2 Å². The maximum atomic E-state index is 12.1. The van der Waals surface area contributed by atoms with Crippen molar-refractivity contribution in [2.45, 2.75) is 26.3 Å². The Morgan fingerprint density at radius 1 is 1.10 bits per heavy atom. The van der Waals surface area contributed by atoms with Crippen LogP contribution in [-0.4, -0.2) is 36.3 Å². The molecule has 0 saturated carbocycles. The number of rotatable bonds is 6. The van der Waals surface area contributed by atoms with Gasteiger partial charge in [-0.15, -0.1) is 0 Å². The lowest BCUT2D eigenvalue weighted by atomic mass is 10.00. The molecule has 154 valence electrons. The minimum Gasteiger partial charge on any atom is -0.343 e. The van der Waals surface area contributed by atoms with Gasteiger partial charge < -0.3 is 10.6 Å². The lowest BCUT2D eigenvalue weighted by molar-refractivity contribution is -0.115. The summed E-state index contributed by atoms with van der Waals surface area (Å²) < 4.78 is 0. The average Bonchev–Trinajstić information content (AvgIpc) is 2.70. The summed E-state index contributed by atoms with van der Waals surface area (Å²) in [6.07, 6.45) is 2.56. The van der Waals surface area contributed by atoms with E-state index in [4.69, 9.17) is 23.2 Å². The topological polar surface area (TPSA) is 61.4 Å². The molecular weight excluding hydrogens is 409 g/mol. The summed E-state index contributed by atoms with van der Waals surface area (Å²) >= 11 is 11.8. The predicted octanol–water partition coefficient (Wildman–Crippen LogP) is 4.59. The Kier molecular flexibility index (Phi) is 7.53. The Balaban J connectivity index is 1.46. The summed E-state index contributed by atoms with van der Waals surface area (Å²) in [6.45, 7) is 5.37. The minimum absolute atomic E-state index is 0.132. The Labute approximate surface area is 181 Å². The lowest BCUT2D eigenvalue weighted by Crippen LogP contribution is -2.33. The summed E-state index contributed by atoms with van der Waals surface area (Å²) in [5.74, 6) is 0.0715. The van der Waals surface area contributed by atoms with Gasteiger partial charge in [0.1, 0.15) is 0 Å². The predicted molar refractivity (Wildman–Crippen MR) is 118 cm³/mol. The standard InChI is InChI=1S/C22H25Cl2N3O2/c1-15-3-2-10-27(13-15)14-16-4-7-18(8-5-16)26-21(28)12-25-22(29)17-6-9-19(23)20(24)11-17/h4-9,11,15H,2-3,10,12-14H2,1H3,(H,25,29)(H,26,28). The molecule has 1 aliphatic heterocycles. The molecular formula is C22H25Cl2N3O2. The number of hydrogen-bond acceptors (Lipinski definition) is 3. The SMILES string of the molecule is CC1CCCN(Cc2ccc(NC(=O)CNC(=O)c3ccc(Cl)c(Cl)c3)cc2)C1. The molecule has 1 aliphatic rings. The second kappa shape index (κ2) is 10.1. The van der Waals surface area contributed by atoms with Crippen LogP contribution < -0.4 is 10.6 Å². The van der Waals surface area contributed by atoms with Crippen molar-refractivity contribution < 1.29 is 9.59 Å². The second-order valence-electron chi connectivity index (χ2n) is 7.54. The smallest absolute Gasteiger partial charge is 0.251 e. The van der Waals surface area contributed by atoms with Crippen LogP contribution in [0.2, 0.25) is 10.0 Å². The fourth-order valence-electron chi connectivity index (χ4n) is 3.49. The largest absolute Gasteiger partial charge is 0.343 e. The molecule has 0 bridgehead atoms. The highest BCUT2D eigenvalue weighted by Gasteiger charge is 2.16. The average molecular weight is 434 g/mol. The molecule has 2 N–H and O–H groups in total. The van der Waals surface area contributed by atoms with Gasteiger partial charge in [0.15, 0.2) is 0 Å². The van der Waals surface area contributed by atoms with Crippen molar-refractivity contribution >= 4 is 40.7 Å². The number of nitrogens with zero attached hydrogens (tertiary/aromatic N) is 1.